The lowest BCUT2D eigenvalue weighted by molar-refractivity contribution is -0.139. The number of amides is 4. The SMILES string of the molecule is O=C(O)C(NC(=O)N1CCN(N=Cc2ccoc2)C1=O)c1ccco1. The number of carboxylic acids is 1. The van der Waals surface area contributed by atoms with Gasteiger partial charge in [-0.25, -0.2) is 24.3 Å². The van der Waals surface area contributed by atoms with Gasteiger partial charge in [0.1, 0.15) is 5.76 Å². The van der Waals surface area contributed by atoms with Crippen molar-refractivity contribution >= 4 is 24.2 Å². The van der Waals surface area contributed by atoms with E-state index in [0.29, 0.717) is 5.56 Å². The number of carboxylic acid groups (broad SMARTS) is 1. The Hall–Kier alpha value is -3.56. The number of urea groups is 2. The normalized spacial score (nSPS) is 15.8. The van der Waals surface area contributed by atoms with Gasteiger partial charge in [0.05, 0.1) is 38.1 Å². The van der Waals surface area contributed by atoms with E-state index in [1.165, 1.54) is 37.1 Å². The molecule has 10 heteroatoms. The number of carbonyl (C=O) groups is 3. The maximum Gasteiger partial charge on any atom is 0.348 e. The highest BCUT2D eigenvalue weighted by molar-refractivity contribution is 5.96. The fourth-order valence-corrected chi connectivity index (χ4v) is 2.22. The van der Waals surface area contributed by atoms with Gasteiger partial charge >= 0.3 is 18.0 Å². The number of aliphatic carboxylic acids is 1. The largest absolute Gasteiger partial charge is 0.479 e. The molecule has 0 aliphatic carbocycles. The predicted molar refractivity (Wildman–Crippen MR) is 82.7 cm³/mol. The first-order chi connectivity index (χ1) is 12.1. The summed E-state index contributed by atoms with van der Waals surface area (Å²) in [5, 5.41) is 16.6. The maximum atomic E-state index is 12.2. The van der Waals surface area contributed by atoms with Crippen LogP contribution in [-0.2, 0) is 4.79 Å². The number of hydrazone groups is 1. The minimum atomic E-state index is -1.39. The number of carbonyl (C=O) groups excluding carboxylic acids is 2. The second-order valence-corrected chi connectivity index (χ2v) is 5.09. The minimum Gasteiger partial charge on any atom is -0.479 e. The van der Waals surface area contributed by atoms with Gasteiger partial charge in [-0.1, -0.05) is 0 Å². The summed E-state index contributed by atoms with van der Waals surface area (Å²) in [6.07, 6.45) is 5.64. The van der Waals surface area contributed by atoms with Crippen LogP contribution in [-0.4, -0.2) is 52.4 Å². The molecule has 0 bridgehead atoms. The van der Waals surface area contributed by atoms with Gasteiger partial charge in [-0.3, -0.25) is 0 Å². The van der Waals surface area contributed by atoms with E-state index < -0.39 is 24.1 Å². The molecule has 2 N–H and O–H groups in total. The summed E-state index contributed by atoms with van der Waals surface area (Å²) in [7, 11) is 0. The zero-order valence-electron chi connectivity index (χ0n) is 12.9. The number of imide groups is 1. The van der Waals surface area contributed by atoms with E-state index in [1.807, 2.05) is 0 Å². The number of rotatable bonds is 5. The van der Waals surface area contributed by atoms with Crippen molar-refractivity contribution in [3.8, 4) is 0 Å². The van der Waals surface area contributed by atoms with E-state index in [0.717, 1.165) is 9.91 Å². The molecule has 1 saturated heterocycles. The quantitative estimate of drug-likeness (QED) is 0.789. The average Bonchev–Trinajstić information content (AvgIpc) is 3.32. The fraction of sp³-hybridized carbons (Fsp3) is 0.200. The highest BCUT2D eigenvalue weighted by Crippen LogP contribution is 2.16. The number of hydrogen-bond acceptors (Lipinski definition) is 6. The van der Waals surface area contributed by atoms with E-state index in [-0.39, 0.29) is 18.8 Å². The zero-order chi connectivity index (χ0) is 17.8. The molecule has 1 atom stereocenters. The van der Waals surface area contributed by atoms with Crippen LogP contribution in [0.15, 0.2) is 50.9 Å². The third-order valence-electron chi connectivity index (χ3n) is 3.46. The number of hydrogen-bond donors (Lipinski definition) is 2. The lowest BCUT2D eigenvalue weighted by Gasteiger charge is -2.18. The van der Waals surface area contributed by atoms with Crippen LogP contribution in [0.2, 0.25) is 0 Å². The lowest BCUT2D eigenvalue weighted by atomic mass is 10.2. The molecule has 1 fully saturated rings. The maximum absolute atomic E-state index is 12.2. The molecule has 1 unspecified atom stereocenters. The summed E-state index contributed by atoms with van der Waals surface area (Å²) < 4.78 is 9.89. The molecule has 0 aromatic carbocycles. The van der Waals surface area contributed by atoms with Crippen molar-refractivity contribution in [2.45, 2.75) is 6.04 Å². The Morgan fingerprint density at radius 2 is 2.16 bits per heavy atom. The summed E-state index contributed by atoms with van der Waals surface area (Å²) in [6.45, 7) is 0.275. The third-order valence-corrected chi connectivity index (χ3v) is 3.46. The molecule has 1 aliphatic heterocycles. The molecule has 2 aromatic heterocycles. The van der Waals surface area contributed by atoms with Crippen LogP contribution in [0, 0.1) is 0 Å². The third kappa shape index (κ3) is 3.52. The Kier molecular flexibility index (Phi) is 4.50. The molecule has 25 heavy (non-hydrogen) atoms. The zero-order valence-corrected chi connectivity index (χ0v) is 12.9. The molecular formula is C15H14N4O6. The number of nitrogens with zero attached hydrogens (tertiary/aromatic N) is 3. The minimum absolute atomic E-state index is 0.0577. The van der Waals surface area contributed by atoms with Gasteiger partial charge in [-0.2, -0.15) is 5.10 Å². The van der Waals surface area contributed by atoms with Crippen molar-refractivity contribution in [2.24, 2.45) is 5.10 Å². The van der Waals surface area contributed by atoms with Crippen LogP contribution in [0.3, 0.4) is 0 Å². The first-order valence-electron chi connectivity index (χ1n) is 7.28. The molecule has 0 spiro atoms. The highest BCUT2D eigenvalue weighted by atomic mass is 16.4. The molecule has 4 amide bonds. The van der Waals surface area contributed by atoms with Gasteiger partial charge in [0.25, 0.3) is 0 Å². The van der Waals surface area contributed by atoms with Gasteiger partial charge in [0.15, 0.2) is 6.04 Å². The Balaban J connectivity index is 1.64. The smallest absolute Gasteiger partial charge is 0.348 e. The van der Waals surface area contributed by atoms with Crippen molar-refractivity contribution in [1.82, 2.24) is 15.2 Å². The van der Waals surface area contributed by atoms with Crippen molar-refractivity contribution in [1.29, 1.82) is 0 Å². The standard InChI is InChI=1S/C15H14N4O6/c20-13(21)12(11-2-1-6-25-11)17-14(22)18-4-5-19(15(18)23)16-8-10-3-7-24-9-10/h1-3,6-9,12H,4-5H2,(H,17,22)(H,20,21). The van der Waals surface area contributed by atoms with Crippen LogP contribution in [0.4, 0.5) is 9.59 Å². The van der Waals surface area contributed by atoms with Crippen LogP contribution in [0.1, 0.15) is 17.4 Å². The summed E-state index contributed by atoms with van der Waals surface area (Å²) in [5.74, 6) is -1.24. The van der Waals surface area contributed by atoms with Crippen molar-refractivity contribution in [2.75, 3.05) is 13.1 Å². The Labute approximate surface area is 141 Å². The molecule has 3 heterocycles. The Morgan fingerprint density at radius 1 is 1.32 bits per heavy atom. The molecule has 0 radical (unpaired) electrons. The summed E-state index contributed by atoms with van der Waals surface area (Å²) in [5.41, 5.74) is 0.666. The van der Waals surface area contributed by atoms with Gasteiger partial charge in [0.2, 0.25) is 0 Å². The van der Waals surface area contributed by atoms with Gasteiger partial charge in [-0.05, 0) is 18.2 Å². The van der Waals surface area contributed by atoms with Crippen molar-refractivity contribution in [3.05, 3.63) is 48.3 Å². The molecule has 0 saturated carbocycles. The summed E-state index contributed by atoms with van der Waals surface area (Å²) in [6, 6.07) is 1.71. The first-order valence-corrected chi connectivity index (χ1v) is 7.28. The van der Waals surface area contributed by atoms with E-state index in [2.05, 4.69) is 10.4 Å². The van der Waals surface area contributed by atoms with Crippen LogP contribution >= 0.6 is 0 Å². The van der Waals surface area contributed by atoms with Crippen molar-refractivity contribution in [3.63, 3.8) is 0 Å². The van der Waals surface area contributed by atoms with E-state index in [4.69, 9.17) is 8.83 Å². The average molecular weight is 346 g/mol. The monoisotopic (exact) mass is 346 g/mol. The van der Waals surface area contributed by atoms with E-state index in [9.17, 15) is 19.5 Å². The first kappa shape index (κ1) is 16.3. The van der Waals surface area contributed by atoms with Gasteiger partial charge < -0.3 is 19.3 Å². The van der Waals surface area contributed by atoms with Gasteiger partial charge in [0, 0.05) is 5.56 Å². The number of furan rings is 2. The Morgan fingerprint density at radius 3 is 2.80 bits per heavy atom. The molecule has 2 aromatic rings. The summed E-state index contributed by atoms with van der Waals surface area (Å²) >= 11 is 0. The second-order valence-electron chi connectivity index (χ2n) is 5.09. The molecule has 130 valence electrons. The predicted octanol–water partition coefficient (Wildman–Crippen LogP) is 1.48. The topological polar surface area (TPSA) is 129 Å². The molecular weight excluding hydrogens is 332 g/mol. The van der Waals surface area contributed by atoms with Crippen LogP contribution < -0.4 is 5.32 Å². The Bertz CT molecular complexity index is 783. The van der Waals surface area contributed by atoms with Crippen LogP contribution in [0.25, 0.3) is 0 Å². The fourth-order valence-electron chi connectivity index (χ4n) is 2.22. The molecule has 10 nitrogen and oxygen atoms in total. The van der Waals surface area contributed by atoms with E-state index >= 15 is 0 Å². The van der Waals surface area contributed by atoms with Gasteiger partial charge in [-0.15, -0.1) is 0 Å². The molecule has 1 aliphatic rings. The van der Waals surface area contributed by atoms with E-state index in [1.54, 1.807) is 6.07 Å². The van der Waals surface area contributed by atoms with Crippen molar-refractivity contribution < 1.29 is 28.3 Å². The van der Waals surface area contributed by atoms with Crippen LogP contribution in [0.5, 0.6) is 0 Å². The summed E-state index contributed by atoms with van der Waals surface area (Å²) in [4.78, 5) is 36.7. The number of nitrogens with one attached hydrogen (secondary N) is 1. The lowest BCUT2D eigenvalue weighted by Crippen LogP contribution is -2.45. The second kappa shape index (κ2) is 6.91. The highest BCUT2D eigenvalue weighted by Gasteiger charge is 2.36. The molecule has 3 rings (SSSR count).